The van der Waals surface area contributed by atoms with E-state index < -0.39 is 0 Å². The van der Waals surface area contributed by atoms with Crippen molar-refractivity contribution in [1.82, 2.24) is 15.3 Å². The third-order valence-electron chi connectivity index (χ3n) is 4.34. The Labute approximate surface area is 164 Å². The Morgan fingerprint density at radius 3 is 2.50 bits per heavy atom. The van der Waals surface area contributed by atoms with Gasteiger partial charge in [-0.3, -0.25) is 4.79 Å². The van der Waals surface area contributed by atoms with Crippen LogP contribution < -0.4 is 15.5 Å². The molecule has 0 saturated heterocycles. The van der Waals surface area contributed by atoms with Crippen LogP contribution in [0.1, 0.15) is 35.8 Å². The zero-order valence-corrected chi connectivity index (χ0v) is 16.4. The molecule has 0 saturated carbocycles. The van der Waals surface area contributed by atoms with E-state index in [9.17, 15) is 4.79 Å². The van der Waals surface area contributed by atoms with Gasteiger partial charge in [0.25, 0.3) is 5.91 Å². The summed E-state index contributed by atoms with van der Waals surface area (Å²) in [6.07, 6.45) is 1.57. The summed E-state index contributed by atoms with van der Waals surface area (Å²) in [7, 11) is 0. The molecule has 3 aromatic rings. The number of carbonyl (C=O) groups excluding carboxylic acids is 1. The third kappa shape index (κ3) is 4.88. The van der Waals surface area contributed by atoms with E-state index in [4.69, 9.17) is 4.42 Å². The summed E-state index contributed by atoms with van der Waals surface area (Å²) in [5, 5.41) is 5.97. The Morgan fingerprint density at radius 2 is 1.86 bits per heavy atom. The second kappa shape index (κ2) is 9.03. The maximum Gasteiger partial charge on any atom is 0.270 e. The number of hydrogen-bond donors (Lipinski definition) is 2. The lowest BCUT2D eigenvalue weighted by molar-refractivity contribution is 0.0943. The summed E-state index contributed by atoms with van der Waals surface area (Å²) < 4.78 is 5.23. The molecule has 3 rings (SSSR count). The van der Waals surface area contributed by atoms with Gasteiger partial charge in [0.1, 0.15) is 11.5 Å². The fourth-order valence-corrected chi connectivity index (χ4v) is 2.89. The SMILES string of the molecule is CCN(CC)c1ccc(Nc2nc(C)cc(C(=O)NCc3ccco3)n2)cc1. The lowest BCUT2D eigenvalue weighted by Gasteiger charge is -2.21. The van der Waals surface area contributed by atoms with Gasteiger partial charge in [-0.2, -0.15) is 0 Å². The zero-order chi connectivity index (χ0) is 19.9. The maximum atomic E-state index is 12.4. The Kier molecular flexibility index (Phi) is 6.26. The molecule has 0 atom stereocenters. The van der Waals surface area contributed by atoms with Gasteiger partial charge in [0, 0.05) is 30.2 Å². The predicted molar refractivity (Wildman–Crippen MR) is 110 cm³/mol. The Morgan fingerprint density at radius 1 is 1.11 bits per heavy atom. The molecule has 2 aromatic heterocycles. The summed E-state index contributed by atoms with van der Waals surface area (Å²) in [5.41, 5.74) is 3.05. The van der Waals surface area contributed by atoms with Gasteiger partial charge in [-0.25, -0.2) is 9.97 Å². The Bertz CT molecular complexity index is 903. The van der Waals surface area contributed by atoms with Crippen molar-refractivity contribution in [2.24, 2.45) is 0 Å². The van der Waals surface area contributed by atoms with Gasteiger partial charge < -0.3 is 20.0 Å². The van der Waals surface area contributed by atoms with E-state index in [1.807, 2.05) is 19.1 Å². The first-order chi connectivity index (χ1) is 13.6. The number of nitrogens with zero attached hydrogens (tertiary/aromatic N) is 3. The molecule has 1 aromatic carbocycles. The Balaban J connectivity index is 1.69. The smallest absolute Gasteiger partial charge is 0.270 e. The van der Waals surface area contributed by atoms with E-state index in [1.165, 1.54) is 5.69 Å². The van der Waals surface area contributed by atoms with Crippen LogP contribution in [0.15, 0.2) is 53.1 Å². The molecule has 0 unspecified atom stereocenters. The van der Waals surface area contributed by atoms with Crippen molar-refractivity contribution in [1.29, 1.82) is 0 Å². The highest BCUT2D eigenvalue weighted by Crippen LogP contribution is 2.20. The standard InChI is InChI=1S/C21H25N5O2/c1-4-26(5-2)17-10-8-16(9-11-17)24-21-23-15(3)13-19(25-21)20(27)22-14-18-7-6-12-28-18/h6-13H,4-5,14H2,1-3H3,(H,22,27)(H,23,24,25). The molecular weight excluding hydrogens is 354 g/mol. The van der Waals surface area contributed by atoms with Gasteiger partial charge in [0.15, 0.2) is 0 Å². The van der Waals surface area contributed by atoms with Crippen molar-refractivity contribution < 1.29 is 9.21 Å². The molecule has 0 aliphatic rings. The van der Waals surface area contributed by atoms with Crippen LogP contribution >= 0.6 is 0 Å². The zero-order valence-electron chi connectivity index (χ0n) is 16.4. The highest BCUT2D eigenvalue weighted by atomic mass is 16.3. The fraction of sp³-hybridized carbons (Fsp3) is 0.286. The fourth-order valence-electron chi connectivity index (χ4n) is 2.89. The molecule has 146 valence electrons. The van der Waals surface area contributed by atoms with Crippen molar-refractivity contribution in [2.45, 2.75) is 27.3 Å². The molecule has 7 heteroatoms. The average Bonchev–Trinajstić information content (AvgIpc) is 3.21. The molecule has 0 spiro atoms. The van der Waals surface area contributed by atoms with E-state index in [0.29, 0.717) is 29.6 Å². The summed E-state index contributed by atoms with van der Waals surface area (Å²) in [6, 6.07) is 13.3. The summed E-state index contributed by atoms with van der Waals surface area (Å²) >= 11 is 0. The van der Waals surface area contributed by atoms with Gasteiger partial charge in [-0.1, -0.05) is 0 Å². The van der Waals surface area contributed by atoms with E-state index in [0.717, 1.165) is 18.8 Å². The quantitative estimate of drug-likeness (QED) is 0.618. The number of amides is 1. The minimum absolute atomic E-state index is 0.276. The van der Waals surface area contributed by atoms with Crippen LogP contribution in [0.25, 0.3) is 0 Å². The summed E-state index contributed by atoms with van der Waals surface area (Å²) in [4.78, 5) is 23.4. The lowest BCUT2D eigenvalue weighted by Crippen LogP contribution is -2.24. The summed E-state index contributed by atoms with van der Waals surface area (Å²) in [6.45, 7) is 8.33. The normalized spacial score (nSPS) is 10.5. The van der Waals surface area contributed by atoms with E-state index >= 15 is 0 Å². The number of benzene rings is 1. The number of anilines is 3. The predicted octanol–water partition coefficient (Wildman–Crippen LogP) is 3.90. The summed E-state index contributed by atoms with van der Waals surface area (Å²) in [5.74, 6) is 0.798. The van der Waals surface area contributed by atoms with Gasteiger partial charge in [0.05, 0.1) is 12.8 Å². The molecule has 0 radical (unpaired) electrons. The molecule has 0 aliphatic carbocycles. The molecule has 0 fully saturated rings. The molecule has 2 heterocycles. The van der Waals surface area contributed by atoms with Gasteiger partial charge in [0.2, 0.25) is 5.95 Å². The molecule has 2 N–H and O–H groups in total. The molecular formula is C21H25N5O2. The second-order valence-corrected chi connectivity index (χ2v) is 6.32. The number of rotatable bonds is 8. The number of aryl methyl sites for hydroxylation is 1. The lowest BCUT2D eigenvalue weighted by atomic mass is 10.2. The number of hydrogen-bond acceptors (Lipinski definition) is 6. The van der Waals surface area contributed by atoms with E-state index in [2.05, 4.69) is 51.5 Å². The maximum absolute atomic E-state index is 12.4. The van der Waals surface area contributed by atoms with Crippen molar-refractivity contribution in [2.75, 3.05) is 23.3 Å². The topological polar surface area (TPSA) is 83.3 Å². The van der Waals surface area contributed by atoms with Crippen molar-refractivity contribution in [3.8, 4) is 0 Å². The first kappa shape index (κ1) is 19.4. The number of carbonyl (C=O) groups is 1. The van der Waals surface area contributed by atoms with Gasteiger partial charge in [-0.15, -0.1) is 0 Å². The highest BCUT2D eigenvalue weighted by Gasteiger charge is 2.11. The van der Waals surface area contributed by atoms with Crippen LogP contribution in [0.4, 0.5) is 17.3 Å². The van der Waals surface area contributed by atoms with Gasteiger partial charge in [-0.05, 0) is 63.2 Å². The molecule has 7 nitrogen and oxygen atoms in total. The average molecular weight is 379 g/mol. The minimum Gasteiger partial charge on any atom is -0.467 e. The largest absolute Gasteiger partial charge is 0.467 e. The number of aromatic nitrogens is 2. The molecule has 1 amide bonds. The van der Waals surface area contributed by atoms with E-state index in [1.54, 1.807) is 24.5 Å². The molecule has 28 heavy (non-hydrogen) atoms. The van der Waals surface area contributed by atoms with Gasteiger partial charge >= 0.3 is 0 Å². The number of furan rings is 1. The van der Waals surface area contributed by atoms with Crippen LogP contribution in [0.3, 0.4) is 0 Å². The monoisotopic (exact) mass is 379 g/mol. The van der Waals surface area contributed by atoms with Crippen LogP contribution in [-0.4, -0.2) is 29.0 Å². The Hall–Kier alpha value is -3.35. The first-order valence-corrected chi connectivity index (χ1v) is 9.37. The molecule has 0 bridgehead atoms. The van der Waals surface area contributed by atoms with Crippen LogP contribution in [0, 0.1) is 6.92 Å². The van der Waals surface area contributed by atoms with Crippen LogP contribution in [0.5, 0.6) is 0 Å². The van der Waals surface area contributed by atoms with Crippen LogP contribution in [-0.2, 0) is 6.54 Å². The van der Waals surface area contributed by atoms with E-state index in [-0.39, 0.29) is 5.91 Å². The third-order valence-corrected chi connectivity index (χ3v) is 4.34. The van der Waals surface area contributed by atoms with Crippen molar-refractivity contribution in [3.63, 3.8) is 0 Å². The van der Waals surface area contributed by atoms with Crippen molar-refractivity contribution >= 4 is 23.2 Å². The van der Waals surface area contributed by atoms with Crippen molar-refractivity contribution in [3.05, 3.63) is 65.9 Å². The first-order valence-electron chi connectivity index (χ1n) is 9.37. The highest BCUT2D eigenvalue weighted by molar-refractivity contribution is 5.92. The second-order valence-electron chi connectivity index (χ2n) is 6.32. The molecule has 0 aliphatic heterocycles. The minimum atomic E-state index is -0.276. The number of nitrogens with one attached hydrogen (secondary N) is 2. The van der Waals surface area contributed by atoms with Crippen LogP contribution in [0.2, 0.25) is 0 Å².